The maximum absolute atomic E-state index is 12.6. The van der Waals surface area contributed by atoms with E-state index in [0.717, 1.165) is 10.0 Å². The normalized spacial score (nSPS) is 16.8. The maximum Gasteiger partial charge on any atom is 0.409 e. The van der Waals surface area contributed by atoms with E-state index in [-0.39, 0.29) is 18.0 Å². The lowest BCUT2D eigenvalue weighted by atomic mass is 10.2. The van der Waals surface area contributed by atoms with Crippen molar-refractivity contribution in [1.82, 2.24) is 9.21 Å². The molecule has 0 aliphatic carbocycles. The minimum absolute atomic E-state index is 0.270. The molecule has 116 valence electrons. The molecule has 1 aromatic carbocycles. The van der Waals surface area contributed by atoms with Gasteiger partial charge in [0.05, 0.1) is 12.0 Å². The average Bonchev–Trinajstić information content (AvgIpc) is 2.49. The highest BCUT2D eigenvalue weighted by atomic mass is 79.9. The number of carbonyl (C=O) groups excluding carboxylic acids is 1. The minimum atomic E-state index is -3.52. The summed E-state index contributed by atoms with van der Waals surface area (Å²) in [6.45, 7) is 3.06. The van der Waals surface area contributed by atoms with Crippen molar-refractivity contribution < 1.29 is 17.9 Å². The highest BCUT2D eigenvalue weighted by Crippen LogP contribution is 2.23. The van der Waals surface area contributed by atoms with Crippen LogP contribution in [0.1, 0.15) is 5.56 Å². The van der Waals surface area contributed by atoms with Gasteiger partial charge in [0, 0.05) is 30.7 Å². The molecule has 0 bridgehead atoms. The summed E-state index contributed by atoms with van der Waals surface area (Å²) in [5.74, 6) is 0. The predicted molar refractivity (Wildman–Crippen MR) is 81.6 cm³/mol. The van der Waals surface area contributed by atoms with E-state index >= 15 is 0 Å². The minimum Gasteiger partial charge on any atom is -0.453 e. The number of aryl methyl sites for hydroxylation is 1. The number of methoxy groups -OCH3 is 1. The number of halogens is 1. The van der Waals surface area contributed by atoms with Gasteiger partial charge in [-0.05, 0) is 30.7 Å². The molecule has 0 radical (unpaired) electrons. The van der Waals surface area contributed by atoms with Crippen molar-refractivity contribution in [3.05, 3.63) is 28.2 Å². The van der Waals surface area contributed by atoms with Crippen LogP contribution in [0.15, 0.2) is 27.6 Å². The third-order valence-corrected chi connectivity index (χ3v) is 6.22. The lowest BCUT2D eigenvalue weighted by Gasteiger charge is -2.33. The molecule has 0 atom stereocenters. The van der Waals surface area contributed by atoms with Crippen LogP contribution in [0.2, 0.25) is 0 Å². The molecule has 1 saturated heterocycles. The first-order chi connectivity index (χ1) is 9.86. The number of ether oxygens (including phenoxy) is 1. The van der Waals surface area contributed by atoms with Crippen LogP contribution in [0.4, 0.5) is 4.79 Å². The summed E-state index contributed by atoms with van der Waals surface area (Å²) in [6, 6.07) is 4.96. The van der Waals surface area contributed by atoms with Crippen LogP contribution >= 0.6 is 15.9 Å². The van der Waals surface area contributed by atoms with Crippen LogP contribution in [-0.2, 0) is 14.8 Å². The van der Waals surface area contributed by atoms with Crippen LogP contribution in [0.5, 0.6) is 0 Å². The molecule has 1 amide bonds. The Labute approximate surface area is 132 Å². The SMILES string of the molecule is COC(=O)N1CCN(S(=O)(=O)c2ccc(Br)c(C)c2)CC1. The Morgan fingerprint density at radius 3 is 2.38 bits per heavy atom. The van der Waals surface area contributed by atoms with E-state index in [4.69, 9.17) is 0 Å². The number of hydrogen-bond donors (Lipinski definition) is 0. The predicted octanol–water partition coefficient (Wildman–Crippen LogP) is 1.83. The topological polar surface area (TPSA) is 66.9 Å². The summed E-state index contributed by atoms with van der Waals surface area (Å²) < 4.78 is 32.1. The fourth-order valence-electron chi connectivity index (χ4n) is 2.17. The van der Waals surface area contributed by atoms with Crippen LogP contribution < -0.4 is 0 Å². The van der Waals surface area contributed by atoms with Crippen LogP contribution in [-0.4, -0.2) is 57.0 Å². The second-order valence-electron chi connectivity index (χ2n) is 4.77. The monoisotopic (exact) mass is 376 g/mol. The molecular formula is C13H17BrN2O4S. The molecule has 1 heterocycles. The van der Waals surface area contributed by atoms with Gasteiger partial charge in [-0.2, -0.15) is 4.31 Å². The Bertz CT molecular complexity index is 640. The second-order valence-corrected chi connectivity index (χ2v) is 7.56. The standard InChI is InChI=1S/C13H17BrN2O4S/c1-10-9-11(3-4-12(10)14)21(18,19)16-7-5-15(6-8-16)13(17)20-2/h3-4,9H,5-8H2,1-2H3. The van der Waals surface area contributed by atoms with Gasteiger partial charge >= 0.3 is 6.09 Å². The van der Waals surface area contributed by atoms with Crippen molar-refractivity contribution in [3.8, 4) is 0 Å². The van der Waals surface area contributed by atoms with Crippen molar-refractivity contribution in [2.24, 2.45) is 0 Å². The second kappa shape index (κ2) is 6.33. The summed E-state index contributed by atoms with van der Waals surface area (Å²) in [5.41, 5.74) is 0.865. The first-order valence-electron chi connectivity index (χ1n) is 6.45. The molecule has 8 heteroatoms. The number of sulfonamides is 1. The van der Waals surface area contributed by atoms with E-state index in [1.165, 1.54) is 16.3 Å². The Kier molecular flexibility index (Phi) is 4.90. The van der Waals surface area contributed by atoms with Crippen LogP contribution in [0.25, 0.3) is 0 Å². The van der Waals surface area contributed by atoms with Crippen LogP contribution in [0.3, 0.4) is 0 Å². The quantitative estimate of drug-likeness (QED) is 0.789. The molecule has 1 fully saturated rings. The number of carbonyl (C=O) groups is 1. The molecule has 1 aliphatic heterocycles. The number of amides is 1. The smallest absolute Gasteiger partial charge is 0.409 e. The van der Waals surface area contributed by atoms with E-state index < -0.39 is 16.1 Å². The van der Waals surface area contributed by atoms with Gasteiger partial charge in [0.2, 0.25) is 10.0 Å². The largest absolute Gasteiger partial charge is 0.453 e. The molecule has 21 heavy (non-hydrogen) atoms. The number of rotatable bonds is 2. The molecule has 0 N–H and O–H groups in total. The molecule has 1 aromatic rings. The van der Waals surface area contributed by atoms with Gasteiger partial charge in [0.1, 0.15) is 0 Å². The molecule has 0 unspecified atom stereocenters. The number of piperazine rings is 1. The van der Waals surface area contributed by atoms with Gasteiger partial charge in [-0.25, -0.2) is 13.2 Å². The Hall–Kier alpha value is -1.12. The number of benzene rings is 1. The molecular weight excluding hydrogens is 360 g/mol. The molecule has 1 aliphatic rings. The Morgan fingerprint density at radius 2 is 1.86 bits per heavy atom. The first kappa shape index (κ1) is 16.3. The van der Waals surface area contributed by atoms with E-state index in [0.29, 0.717) is 13.1 Å². The summed E-state index contributed by atoms with van der Waals surface area (Å²) in [4.78, 5) is 13.2. The number of hydrogen-bond acceptors (Lipinski definition) is 4. The fraction of sp³-hybridized carbons (Fsp3) is 0.462. The third kappa shape index (κ3) is 3.38. The summed E-state index contributed by atoms with van der Waals surface area (Å²) in [5, 5.41) is 0. The third-order valence-electron chi connectivity index (χ3n) is 3.44. The maximum atomic E-state index is 12.6. The highest BCUT2D eigenvalue weighted by Gasteiger charge is 2.30. The van der Waals surface area contributed by atoms with E-state index in [1.54, 1.807) is 18.2 Å². The van der Waals surface area contributed by atoms with E-state index in [9.17, 15) is 13.2 Å². The molecule has 2 rings (SSSR count). The summed E-state index contributed by atoms with van der Waals surface area (Å²) >= 11 is 3.36. The van der Waals surface area contributed by atoms with Gasteiger partial charge in [0.25, 0.3) is 0 Å². The Morgan fingerprint density at radius 1 is 1.24 bits per heavy atom. The van der Waals surface area contributed by atoms with E-state index in [2.05, 4.69) is 20.7 Å². The lowest BCUT2D eigenvalue weighted by molar-refractivity contribution is 0.108. The highest BCUT2D eigenvalue weighted by molar-refractivity contribution is 9.10. The first-order valence-corrected chi connectivity index (χ1v) is 8.69. The zero-order valence-corrected chi connectivity index (χ0v) is 14.3. The number of nitrogens with zero attached hydrogens (tertiary/aromatic N) is 2. The zero-order valence-electron chi connectivity index (χ0n) is 11.9. The summed E-state index contributed by atoms with van der Waals surface area (Å²) in [7, 11) is -2.21. The van der Waals surface area contributed by atoms with Crippen molar-refractivity contribution >= 4 is 32.0 Å². The van der Waals surface area contributed by atoms with Gasteiger partial charge in [-0.15, -0.1) is 0 Å². The van der Waals surface area contributed by atoms with Crippen molar-refractivity contribution in [2.45, 2.75) is 11.8 Å². The van der Waals surface area contributed by atoms with Gasteiger partial charge in [0.15, 0.2) is 0 Å². The molecule has 0 aromatic heterocycles. The summed E-state index contributed by atoms with van der Waals surface area (Å²) in [6.07, 6.45) is -0.425. The molecule has 0 spiro atoms. The van der Waals surface area contributed by atoms with Gasteiger partial charge < -0.3 is 9.64 Å². The van der Waals surface area contributed by atoms with Gasteiger partial charge in [-0.3, -0.25) is 0 Å². The molecule has 0 saturated carbocycles. The van der Waals surface area contributed by atoms with Gasteiger partial charge in [-0.1, -0.05) is 15.9 Å². The average molecular weight is 377 g/mol. The van der Waals surface area contributed by atoms with Crippen molar-refractivity contribution in [2.75, 3.05) is 33.3 Å². The fourth-order valence-corrected chi connectivity index (χ4v) is 3.92. The zero-order chi connectivity index (χ0) is 15.6. The van der Waals surface area contributed by atoms with Crippen LogP contribution in [0, 0.1) is 6.92 Å². The van der Waals surface area contributed by atoms with Crippen molar-refractivity contribution in [1.29, 1.82) is 0 Å². The Balaban J connectivity index is 2.14. The lowest BCUT2D eigenvalue weighted by Crippen LogP contribution is -2.50. The van der Waals surface area contributed by atoms with E-state index in [1.807, 2.05) is 6.92 Å². The van der Waals surface area contributed by atoms with Crippen molar-refractivity contribution in [3.63, 3.8) is 0 Å². The molecule has 6 nitrogen and oxygen atoms in total.